The molecular weight excluding hydrogens is 607 g/mol. The highest BCUT2D eigenvalue weighted by Crippen LogP contribution is 2.38. The standard InChI is InChI=1S/C47H29N3/c1-3-12-34-27-36(22-19-30(34)9-1)43-17-8-18-44(48-43)37-23-21-33-25-26-41-45(40-16-7-14-32-11-5-6-15-39(32)40)49-47(50-46(41)42(33)29-37)38-24-20-31-10-2-4-13-35(31)28-38/h1-29H. The van der Waals surface area contributed by atoms with Crippen molar-refractivity contribution in [3.63, 3.8) is 0 Å². The Bertz CT molecular complexity index is 2940. The minimum atomic E-state index is 0.709. The summed E-state index contributed by atoms with van der Waals surface area (Å²) in [4.78, 5) is 15.8. The second-order valence-corrected chi connectivity index (χ2v) is 12.9. The Hall–Kier alpha value is -6.71. The van der Waals surface area contributed by atoms with E-state index in [1.54, 1.807) is 0 Å². The van der Waals surface area contributed by atoms with Crippen LogP contribution >= 0.6 is 0 Å². The minimum Gasteiger partial charge on any atom is -0.248 e. The average Bonchev–Trinajstić information content (AvgIpc) is 3.19. The maximum absolute atomic E-state index is 5.34. The molecule has 0 amide bonds. The van der Waals surface area contributed by atoms with E-state index < -0.39 is 0 Å². The monoisotopic (exact) mass is 635 g/mol. The molecule has 0 bridgehead atoms. The van der Waals surface area contributed by atoms with Crippen LogP contribution in [0.2, 0.25) is 0 Å². The number of hydrogen-bond donors (Lipinski definition) is 0. The Morgan fingerprint density at radius 3 is 1.60 bits per heavy atom. The fourth-order valence-corrected chi connectivity index (χ4v) is 7.27. The van der Waals surface area contributed by atoms with E-state index in [0.29, 0.717) is 5.82 Å². The highest BCUT2D eigenvalue weighted by molar-refractivity contribution is 6.13. The first-order valence-electron chi connectivity index (χ1n) is 16.9. The van der Waals surface area contributed by atoms with E-state index in [1.807, 2.05) is 0 Å². The van der Waals surface area contributed by atoms with Gasteiger partial charge in [0.15, 0.2) is 5.82 Å². The molecule has 10 aromatic rings. The van der Waals surface area contributed by atoms with Gasteiger partial charge < -0.3 is 0 Å². The van der Waals surface area contributed by atoms with Gasteiger partial charge in [-0.25, -0.2) is 15.0 Å². The van der Waals surface area contributed by atoms with Gasteiger partial charge in [-0.3, -0.25) is 0 Å². The van der Waals surface area contributed by atoms with Gasteiger partial charge >= 0.3 is 0 Å². The molecule has 0 aliphatic heterocycles. The van der Waals surface area contributed by atoms with Gasteiger partial charge in [-0.2, -0.15) is 0 Å². The summed E-state index contributed by atoms with van der Waals surface area (Å²) < 4.78 is 0. The molecule has 0 aliphatic rings. The predicted molar refractivity (Wildman–Crippen MR) is 209 cm³/mol. The summed E-state index contributed by atoms with van der Waals surface area (Å²) in [5, 5.41) is 10.4. The summed E-state index contributed by atoms with van der Waals surface area (Å²) in [5.74, 6) is 0.709. The number of aromatic nitrogens is 3. The number of hydrogen-bond acceptors (Lipinski definition) is 3. The summed E-state index contributed by atoms with van der Waals surface area (Å²) in [6.45, 7) is 0. The van der Waals surface area contributed by atoms with Crippen molar-refractivity contribution >= 4 is 54.0 Å². The van der Waals surface area contributed by atoms with Crippen LogP contribution in [0.5, 0.6) is 0 Å². The summed E-state index contributed by atoms with van der Waals surface area (Å²) >= 11 is 0. The van der Waals surface area contributed by atoms with E-state index in [0.717, 1.165) is 66.4 Å². The molecule has 10 rings (SSSR count). The fourth-order valence-electron chi connectivity index (χ4n) is 7.27. The molecular formula is C47H29N3. The molecule has 3 heteroatoms. The van der Waals surface area contributed by atoms with Crippen LogP contribution in [0.15, 0.2) is 176 Å². The Kier molecular flexibility index (Phi) is 6.49. The lowest BCUT2D eigenvalue weighted by Crippen LogP contribution is -1.97. The van der Waals surface area contributed by atoms with Crippen LogP contribution in [0, 0.1) is 0 Å². The number of fused-ring (bicyclic) bond motifs is 6. The third-order valence-corrected chi connectivity index (χ3v) is 9.83. The quantitative estimate of drug-likeness (QED) is 0.181. The third kappa shape index (κ3) is 4.79. The van der Waals surface area contributed by atoms with Gasteiger partial charge in [-0.1, -0.05) is 140 Å². The van der Waals surface area contributed by atoms with Crippen molar-refractivity contribution in [2.45, 2.75) is 0 Å². The largest absolute Gasteiger partial charge is 0.248 e. The second kappa shape index (κ2) is 11.5. The lowest BCUT2D eigenvalue weighted by molar-refractivity contribution is 1.24. The van der Waals surface area contributed by atoms with Crippen molar-refractivity contribution < 1.29 is 0 Å². The fraction of sp³-hybridized carbons (Fsp3) is 0. The van der Waals surface area contributed by atoms with Crippen molar-refractivity contribution in [1.82, 2.24) is 15.0 Å². The molecule has 2 heterocycles. The number of rotatable bonds is 4. The molecule has 0 unspecified atom stereocenters. The smallest absolute Gasteiger partial charge is 0.160 e. The molecule has 50 heavy (non-hydrogen) atoms. The molecule has 0 spiro atoms. The summed E-state index contributed by atoms with van der Waals surface area (Å²) in [6.07, 6.45) is 0. The van der Waals surface area contributed by atoms with Crippen LogP contribution in [-0.2, 0) is 0 Å². The third-order valence-electron chi connectivity index (χ3n) is 9.83. The van der Waals surface area contributed by atoms with Crippen LogP contribution < -0.4 is 0 Å². The zero-order valence-electron chi connectivity index (χ0n) is 27.1. The molecule has 0 saturated carbocycles. The number of pyridine rings is 1. The summed E-state index contributed by atoms with van der Waals surface area (Å²) in [6, 6.07) is 62.1. The molecule has 0 saturated heterocycles. The first-order valence-corrected chi connectivity index (χ1v) is 16.9. The molecule has 3 nitrogen and oxygen atoms in total. The van der Waals surface area contributed by atoms with Crippen molar-refractivity contribution in [3.05, 3.63) is 176 Å². The summed E-state index contributed by atoms with van der Waals surface area (Å²) in [5.41, 5.74) is 7.96. The minimum absolute atomic E-state index is 0.709. The average molecular weight is 636 g/mol. The van der Waals surface area contributed by atoms with Gasteiger partial charge in [-0.05, 0) is 74.1 Å². The topological polar surface area (TPSA) is 38.7 Å². The van der Waals surface area contributed by atoms with Crippen molar-refractivity contribution in [1.29, 1.82) is 0 Å². The molecule has 0 aliphatic carbocycles. The van der Waals surface area contributed by atoms with Crippen LogP contribution in [-0.4, -0.2) is 15.0 Å². The van der Waals surface area contributed by atoms with Gasteiger partial charge in [0.25, 0.3) is 0 Å². The van der Waals surface area contributed by atoms with Crippen molar-refractivity contribution in [3.8, 4) is 45.2 Å². The molecule has 8 aromatic carbocycles. The first-order chi connectivity index (χ1) is 24.7. The lowest BCUT2D eigenvalue weighted by Gasteiger charge is -2.14. The van der Waals surface area contributed by atoms with Crippen LogP contribution in [0.1, 0.15) is 0 Å². The van der Waals surface area contributed by atoms with Gasteiger partial charge in [-0.15, -0.1) is 0 Å². The highest BCUT2D eigenvalue weighted by atomic mass is 14.9. The highest BCUT2D eigenvalue weighted by Gasteiger charge is 2.17. The lowest BCUT2D eigenvalue weighted by atomic mass is 9.96. The zero-order valence-corrected chi connectivity index (χ0v) is 27.1. The molecule has 0 N–H and O–H groups in total. The van der Waals surface area contributed by atoms with Crippen molar-refractivity contribution in [2.75, 3.05) is 0 Å². The van der Waals surface area contributed by atoms with E-state index in [9.17, 15) is 0 Å². The Morgan fingerprint density at radius 1 is 0.300 bits per heavy atom. The predicted octanol–water partition coefficient (Wildman–Crippen LogP) is 12.3. The normalized spacial score (nSPS) is 11.6. The summed E-state index contributed by atoms with van der Waals surface area (Å²) in [7, 11) is 0. The van der Waals surface area contributed by atoms with E-state index in [1.165, 1.54) is 26.9 Å². The van der Waals surface area contributed by atoms with Gasteiger partial charge in [0.1, 0.15) is 0 Å². The van der Waals surface area contributed by atoms with Crippen LogP contribution in [0.4, 0.5) is 0 Å². The van der Waals surface area contributed by atoms with Gasteiger partial charge in [0, 0.05) is 33.0 Å². The second-order valence-electron chi connectivity index (χ2n) is 12.9. The molecule has 2 aromatic heterocycles. The van der Waals surface area contributed by atoms with E-state index in [2.05, 4.69) is 176 Å². The molecule has 0 atom stereocenters. The molecule has 232 valence electrons. The van der Waals surface area contributed by atoms with Crippen LogP contribution in [0.3, 0.4) is 0 Å². The first kappa shape index (κ1) is 28.3. The van der Waals surface area contributed by atoms with Crippen LogP contribution in [0.25, 0.3) is 99.2 Å². The Morgan fingerprint density at radius 2 is 0.840 bits per heavy atom. The Labute approximate surface area is 289 Å². The SMILES string of the molecule is c1cc(-c2ccc3ccccc3c2)nc(-c2ccc3ccc4c(-c5cccc6ccccc56)nc(-c5ccc6ccccc6c5)nc4c3c2)c1. The van der Waals surface area contributed by atoms with E-state index in [4.69, 9.17) is 15.0 Å². The Balaban J connectivity index is 1.19. The maximum Gasteiger partial charge on any atom is 0.160 e. The zero-order chi connectivity index (χ0) is 33.0. The van der Waals surface area contributed by atoms with Crippen molar-refractivity contribution in [2.24, 2.45) is 0 Å². The van der Waals surface area contributed by atoms with E-state index >= 15 is 0 Å². The van der Waals surface area contributed by atoms with Gasteiger partial charge in [0.2, 0.25) is 0 Å². The maximum atomic E-state index is 5.34. The van der Waals surface area contributed by atoms with E-state index in [-0.39, 0.29) is 0 Å². The molecule has 0 fully saturated rings. The van der Waals surface area contributed by atoms with Gasteiger partial charge in [0.05, 0.1) is 22.6 Å². The number of nitrogens with zero attached hydrogens (tertiary/aromatic N) is 3. The molecule has 0 radical (unpaired) electrons. The number of benzene rings is 8.